The van der Waals surface area contributed by atoms with E-state index in [-0.39, 0.29) is 18.4 Å². The smallest absolute Gasteiger partial charge is 0.227 e. The van der Waals surface area contributed by atoms with Crippen LogP contribution in [0.25, 0.3) is 0 Å². The van der Waals surface area contributed by atoms with Crippen LogP contribution < -0.4 is 5.32 Å². The van der Waals surface area contributed by atoms with Crippen molar-refractivity contribution in [2.24, 2.45) is 5.92 Å². The Morgan fingerprint density at radius 3 is 2.75 bits per heavy atom. The van der Waals surface area contributed by atoms with E-state index in [2.05, 4.69) is 17.2 Å². The van der Waals surface area contributed by atoms with E-state index in [1.165, 1.54) is 6.42 Å². The predicted octanol–water partition coefficient (Wildman–Crippen LogP) is 2.86. The van der Waals surface area contributed by atoms with Crippen LogP contribution in [0.3, 0.4) is 0 Å². The van der Waals surface area contributed by atoms with Gasteiger partial charge in [0.2, 0.25) is 5.91 Å². The third-order valence-corrected chi connectivity index (χ3v) is 3.63. The van der Waals surface area contributed by atoms with Gasteiger partial charge in [-0.25, -0.2) is 0 Å². The maximum Gasteiger partial charge on any atom is 0.227 e. The number of benzene rings is 1. The summed E-state index contributed by atoms with van der Waals surface area (Å²) in [7, 11) is 0. The molecule has 1 saturated carbocycles. The van der Waals surface area contributed by atoms with Crippen LogP contribution in [0, 0.1) is 24.7 Å². The molecule has 2 rings (SSSR count). The number of anilines is 1. The molecule has 0 unspecified atom stereocenters. The average Bonchev–Trinajstić information content (AvgIpc) is 2.45. The Morgan fingerprint density at radius 2 is 2.05 bits per heavy atom. The molecule has 3 nitrogen and oxygen atoms in total. The molecule has 0 heterocycles. The van der Waals surface area contributed by atoms with Gasteiger partial charge in [0.25, 0.3) is 0 Å². The van der Waals surface area contributed by atoms with Gasteiger partial charge in [-0.3, -0.25) is 4.79 Å². The molecule has 20 heavy (non-hydrogen) atoms. The zero-order valence-electron chi connectivity index (χ0n) is 11.9. The van der Waals surface area contributed by atoms with Crippen molar-refractivity contribution < 1.29 is 9.90 Å². The molecule has 1 aromatic carbocycles. The Bertz CT molecular complexity index is 534. The van der Waals surface area contributed by atoms with Crippen LogP contribution in [0.1, 0.15) is 43.2 Å². The summed E-state index contributed by atoms with van der Waals surface area (Å²) in [6.07, 6.45) is 5.54. The van der Waals surface area contributed by atoms with E-state index in [1.54, 1.807) is 0 Å². The van der Waals surface area contributed by atoms with Crippen molar-refractivity contribution in [1.29, 1.82) is 0 Å². The highest BCUT2D eigenvalue weighted by Gasteiger charge is 2.21. The second-order valence-corrected chi connectivity index (χ2v) is 5.37. The summed E-state index contributed by atoms with van der Waals surface area (Å²) in [5, 5.41) is 11.7. The van der Waals surface area contributed by atoms with Gasteiger partial charge >= 0.3 is 0 Å². The van der Waals surface area contributed by atoms with Crippen molar-refractivity contribution in [1.82, 2.24) is 0 Å². The molecule has 1 aliphatic rings. The number of nitrogens with one attached hydrogen (secondary N) is 1. The van der Waals surface area contributed by atoms with E-state index in [4.69, 9.17) is 5.11 Å². The van der Waals surface area contributed by atoms with E-state index >= 15 is 0 Å². The fraction of sp³-hybridized carbons (Fsp3) is 0.471. The molecule has 1 amide bonds. The summed E-state index contributed by atoms with van der Waals surface area (Å²) < 4.78 is 0. The molecular formula is C17H21NO2. The number of hydrogen-bond donors (Lipinski definition) is 2. The topological polar surface area (TPSA) is 49.3 Å². The molecule has 0 atom stereocenters. The third-order valence-electron chi connectivity index (χ3n) is 3.63. The van der Waals surface area contributed by atoms with Crippen molar-refractivity contribution in [2.45, 2.75) is 39.0 Å². The van der Waals surface area contributed by atoms with Gasteiger partial charge in [0.05, 0.1) is 0 Å². The Kier molecular flexibility index (Phi) is 5.20. The first-order chi connectivity index (χ1) is 9.69. The molecule has 1 aliphatic carbocycles. The summed E-state index contributed by atoms with van der Waals surface area (Å²) in [5.74, 6) is 5.78. The summed E-state index contributed by atoms with van der Waals surface area (Å²) in [5.41, 5.74) is 2.66. The first kappa shape index (κ1) is 14.6. The molecule has 0 saturated heterocycles. The second-order valence-electron chi connectivity index (χ2n) is 5.37. The minimum absolute atomic E-state index is 0.122. The zero-order chi connectivity index (χ0) is 14.4. The number of aliphatic hydroxyl groups is 1. The van der Waals surface area contributed by atoms with Gasteiger partial charge in [-0.05, 0) is 43.5 Å². The minimum atomic E-state index is -0.155. The van der Waals surface area contributed by atoms with Crippen LogP contribution in [0.2, 0.25) is 0 Å². The Morgan fingerprint density at radius 1 is 1.30 bits per heavy atom. The average molecular weight is 271 g/mol. The van der Waals surface area contributed by atoms with Crippen molar-refractivity contribution in [2.75, 3.05) is 11.9 Å². The summed E-state index contributed by atoms with van der Waals surface area (Å²) in [6, 6.07) is 5.75. The lowest BCUT2D eigenvalue weighted by molar-refractivity contribution is -0.120. The van der Waals surface area contributed by atoms with Gasteiger partial charge in [-0.1, -0.05) is 31.1 Å². The minimum Gasteiger partial charge on any atom is -0.384 e. The molecule has 0 bridgehead atoms. The molecule has 0 radical (unpaired) electrons. The lowest BCUT2D eigenvalue weighted by Crippen LogP contribution is -2.24. The highest BCUT2D eigenvalue weighted by Crippen LogP contribution is 2.25. The van der Waals surface area contributed by atoms with Crippen molar-refractivity contribution >= 4 is 11.6 Å². The van der Waals surface area contributed by atoms with Gasteiger partial charge in [0.1, 0.15) is 6.61 Å². The number of aryl methyl sites for hydroxylation is 1. The normalized spacial score (nSPS) is 15.3. The fourth-order valence-corrected chi connectivity index (χ4v) is 2.68. The largest absolute Gasteiger partial charge is 0.384 e. The number of rotatable bonds is 2. The Labute approximate surface area is 120 Å². The van der Waals surface area contributed by atoms with Gasteiger partial charge in [-0.2, -0.15) is 0 Å². The number of amides is 1. The molecule has 106 valence electrons. The maximum absolute atomic E-state index is 12.2. The molecule has 0 aliphatic heterocycles. The highest BCUT2D eigenvalue weighted by atomic mass is 16.2. The maximum atomic E-state index is 12.2. The zero-order valence-corrected chi connectivity index (χ0v) is 11.9. The van der Waals surface area contributed by atoms with Gasteiger partial charge in [0, 0.05) is 17.2 Å². The first-order valence-corrected chi connectivity index (χ1v) is 7.21. The van der Waals surface area contributed by atoms with E-state index in [9.17, 15) is 4.79 Å². The fourth-order valence-electron chi connectivity index (χ4n) is 2.68. The quantitative estimate of drug-likeness (QED) is 0.813. The van der Waals surface area contributed by atoms with Gasteiger partial charge in [0.15, 0.2) is 0 Å². The highest BCUT2D eigenvalue weighted by molar-refractivity contribution is 5.92. The molecule has 3 heteroatoms. The molecule has 1 aromatic rings. The summed E-state index contributed by atoms with van der Waals surface area (Å²) in [4.78, 5) is 12.2. The third kappa shape index (κ3) is 4.11. The second kappa shape index (κ2) is 7.12. The Balaban J connectivity index is 2.08. The first-order valence-electron chi connectivity index (χ1n) is 7.21. The van der Waals surface area contributed by atoms with E-state index in [0.717, 1.165) is 42.5 Å². The molecule has 0 aromatic heterocycles. The number of carbonyl (C=O) groups excluding carboxylic acids is 1. The molecular weight excluding hydrogens is 250 g/mol. The molecule has 0 spiro atoms. The number of hydrogen-bond acceptors (Lipinski definition) is 2. The van der Waals surface area contributed by atoms with E-state index < -0.39 is 0 Å². The van der Waals surface area contributed by atoms with E-state index in [0.29, 0.717) is 0 Å². The van der Waals surface area contributed by atoms with Crippen molar-refractivity contribution in [3.05, 3.63) is 29.3 Å². The van der Waals surface area contributed by atoms with E-state index in [1.807, 2.05) is 25.1 Å². The monoisotopic (exact) mass is 271 g/mol. The Hall–Kier alpha value is -1.79. The van der Waals surface area contributed by atoms with Crippen LogP contribution in [-0.4, -0.2) is 17.6 Å². The number of carbonyl (C=O) groups is 1. The van der Waals surface area contributed by atoms with Crippen LogP contribution in [0.4, 0.5) is 5.69 Å². The summed E-state index contributed by atoms with van der Waals surface area (Å²) in [6.45, 7) is 1.82. The van der Waals surface area contributed by atoms with Crippen LogP contribution in [0.15, 0.2) is 18.2 Å². The standard InChI is InChI=1S/C17H21NO2/c1-13-10-14(6-5-9-19)12-16(11-13)18-17(20)15-7-3-2-4-8-15/h10-12,15,19H,2-4,7-9H2,1H3,(H,18,20). The summed E-state index contributed by atoms with van der Waals surface area (Å²) >= 11 is 0. The lowest BCUT2D eigenvalue weighted by atomic mass is 9.88. The molecule has 1 fully saturated rings. The van der Waals surface area contributed by atoms with Crippen LogP contribution in [0.5, 0.6) is 0 Å². The molecule has 2 N–H and O–H groups in total. The van der Waals surface area contributed by atoms with Gasteiger partial charge < -0.3 is 10.4 Å². The van der Waals surface area contributed by atoms with Crippen molar-refractivity contribution in [3.63, 3.8) is 0 Å². The number of aliphatic hydroxyl groups excluding tert-OH is 1. The van der Waals surface area contributed by atoms with Gasteiger partial charge in [-0.15, -0.1) is 0 Å². The van der Waals surface area contributed by atoms with Crippen LogP contribution >= 0.6 is 0 Å². The van der Waals surface area contributed by atoms with Crippen molar-refractivity contribution in [3.8, 4) is 11.8 Å². The SMILES string of the molecule is Cc1cc(C#CCO)cc(NC(=O)C2CCCCC2)c1. The van der Waals surface area contributed by atoms with Crippen LogP contribution in [-0.2, 0) is 4.79 Å². The predicted molar refractivity (Wildman–Crippen MR) is 80.3 cm³/mol. The lowest BCUT2D eigenvalue weighted by Gasteiger charge is -2.20.